The standard InChI is InChI=1S/C25H28F4N6O4S/c1-3-10-40(37,38)35(39-23(36)25(27,28)29)21-9-4-15(12-18(21)26)19-11-14(2)22-20(33-19)13-31-24(34-22)32-17-7-5-16(30)6-8-17/h4,9,11-13,16-17H,3,5-8,10,30H2,1-2H3,(H,31,32,34). The summed E-state index contributed by atoms with van der Waals surface area (Å²) in [6.45, 7) is 3.23. The topological polar surface area (TPSA) is 140 Å². The number of halogens is 4. The number of alkyl halides is 3. The molecule has 0 saturated heterocycles. The highest BCUT2D eigenvalue weighted by Gasteiger charge is 2.45. The van der Waals surface area contributed by atoms with Gasteiger partial charge < -0.3 is 15.9 Å². The van der Waals surface area contributed by atoms with E-state index in [1.165, 1.54) is 19.2 Å². The fourth-order valence-electron chi connectivity index (χ4n) is 4.38. The molecule has 1 saturated carbocycles. The maximum Gasteiger partial charge on any atom is 0.493 e. The van der Waals surface area contributed by atoms with Gasteiger partial charge in [-0.15, -0.1) is 0 Å². The van der Waals surface area contributed by atoms with Crippen LogP contribution in [0.25, 0.3) is 22.3 Å². The Balaban J connectivity index is 1.63. The van der Waals surface area contributed by atoms with E-state index in [9.17, 15) is 26.4 Å². The third kappa shape index (κ3) is 6.58. The molecule has 1 aromatic carbocycles. The Hall–Kier alpha value is -3.59. The highest BCUT2D eigenvalue weighted by atomic mass is 32.2. The zero-order chi connectivity index (χ0) is 29.2. The predicted molar refractivity (Wildman–Crippen MR) is 140 cm³/mol. The minimum absolute atomic E-state index is 0.0173. The van der Waals surface area contributed by atoms with Crippen LogP contribution in [0.1, 0.15) is 44.6 Å². The lowest BCUT2D eigenvalue weighted by Crippen LogP contribution is -2.40. The molecule has 0 spiro atoms. The summed E-state index contributed by atoms with van der Waals surface area (Å²) in [6.07, 6.45) is -0.341. The van der Waals surface area contributed by atoms with Gasteiger partial charge in [-0.25, -0.2) is 32.6 Å². The van der Waals surface area contributed by atoms with Gasteiger partial charge in [-0.05, 0) is 62.8 Å². The SMILES string of the molecule is CCCS(=O)(=O)N(OC(=O)C(F)(F)F)c1ccc(-c2cc(C)c3nc(NC4CCC(N)CC4)ncc3n2)cc1F. The van der Waals surface area contributed by atoms with E-state index in [1.54, 1.807) is 13.0 Å². The van der Waals surface area contributed by atoms with Crippen LogP contribution < -0.4 is 15.5 Å². The van der Waals surface area contributed by atoms with Gasteiger partial charge in [0.1, 0.15) is 11.2 Å². The number of hydrogen-bond donors (Lipinski definition) is 2. The molecule has 216 valence electrons. The zero-order valence-electron chi connectivity index (χ0n) is 21.7. The van der Waals surface area contributed by atoms with Crippen LogP contribution in [0.15, 0.2) is 30.5 Å². The summed E-state index contributed by atoms with van der Waals surface area (Å²) in [4.78, 5) is 28.9. The molecule has 4 rings (SSSR count). The summed E-state index contributed by atoms with van der Waals surface area (Å²) in [6, 6.07) is 5.11. The number of carbonyl (C=O) groups is 1. The number of nitrogens with two attached hydrogens (primary N) is 1. The first kappa shape index (κ1) is 29.4. The first-order valence-electron chi connectivity index (χ1n) is 12.6. The largest absolute Gasteiger partial charge is 0.493 e. The summed E-state index contributed by atoms with van der Waals surface area (Å²) in [7, 11) is -4.63. The Morgan fingerprint density at radius 2 is 1.88 bits per heavy atom. The van der Waals surface area contributed by atoms with Gasteiger partial charge in [0.25, 0.3) is 10.0 Å². The molecule has 40 heavy (non-hydrogen) atoms. The quantitative estimate of drug-likeness (QED) is 0.291. The number of sulfonamides is 1. The van der Waals surface area contributed by atoms with E-state index in [2.05, 4.69) is 25.1 Å². The van der Waals surface area contributed by atoms with Crippen molar-refractivity contribution in [2.24, 2.45) is 5.73 Å². The number of rotatable bonds is 8. The Labute approximate surface area is 228 Å². The van der Waals surface area contributed by atoms with Crippen LogP contribution >= 0.6 is 0 Å². The van der Waals surface area contributed by atoms with Crippen molar-refractivity contribution in [1.29, 1.82) is 0 Å². The second-order valence-electron chi connectivity index (χ2n) is 9.59. The van der Waals surface area contributed by atoms with Crippen LogP contribution in [0.5, 0.6) is 0 Å². The lowest BCUT2D eigenvalue weighted by atomic mass is 9.92. The smallest absolute Gasteiger partial charge is 0.351 e. The van der Waals surface area contributed by atoms with E-state index in [0.717, 1.165) is 37.8 Å². The zero-order valence-corrected chi connectivity index (χ0v) is 22.5. The van der Waals surface area contributed by atoms with Crippen molar-refractivity contribution in [2.75, 3.05) is 15.5 Å². The molecule has 2 aromatic heterocycles. The predicted octanol–water partition coefficient (Wildman–Crippen LogP) is 4.39. The Kier molecular flexibility index (Phi) is 8.44. The minimum Gasteiger partial charge on any atom is -0.351 e. The van der Waals surface area contributed by atoms with Gasteiger partial charge in [0, 0.05) is 17.6 Å². The van der Waals surface area contributed by atoms with Crippen LogP contribution in [-0.4, -0.2) is 53.4 Å². The molecule has 2 heterocycles. The average molecular weight is 585 g/mol. The fraction of sp³-hybridized carbons (Fsp3) is 0.440. The number of nitrogens with one attached hydrogen (secondary N) is 1. The van der Waals surface area contributed by atoms with Gasteiger partial charge in [0.2, 0.25) is 5.95 Å². The van der Waals surface area contributed by atoms with Crippen LogP contribution in [0.4, 0.5) is 29.2 Å². The van der Waals surface area contributed by atoms with Gasteiger partial charge in [0.15, 0.2) is 5.82 Å². The third-order valence-electron chi connectivity index (χ3n) is 6.39. The summed E-state index contributed by atoms with van der Waals surface area (Å²) in [5.74, 6) is -4.28. The van der Waals surface area contributed by atoms with Crippen molar-refractivity contribution in [2.45, 2.75) is 64.2 Å². The Morgan fingerprint density at radius 1 is 1.18 bits per heavy atom. The summed E-state index contributed by atoms with van der Waals surface area (Å²) >= 11 is 0. The van der Waals surface area contributed by atoms with Gasteiger partial charge in [-0.2, -0.15) is 13.2 Å². The van der Waals surface area contributed by atoms with E-state index in [-0.39, 0.29) is 34.2 Å². The molecule has 1 aliphatic rings. The molecule has 3 N–H and O–H groups in total. The molecule has 15 heteroatoms. The number of benzene rings is 1. The summed E-state index contributed by atoms with van der Waals surface area (Å²) < 4.78 is 78.3. The highest BCUT2D eigenvalue weighted by molar-refractivity contribution is 7.92. The number of hydrogen-bond acceptors (Lipinski definition) is 9. The van der Waals surface area contributed by atoms with E-state index < -0.39 is 39.4 Å². The van der Waals surface area contributed by atoms with Crippen molar-refractivity contribution < 1.29 is 35.6 Å². The van der Waals surface area contributed by atoms with E-state index in [4.69, 9.17) is 5.73 Å². The van der Waals surface area contributed by atoms with Crippen molar-refractivity contribution in [3.8, 4) is 11.3 Å². The molecule has 0 amide bonds. The van der Waals surface area contributed by atoms with E-state index in [1.807, 2.05) is 0 Å². The maximum absolute atomic E-state index is 15.2. The number of fused-ring (bicyclic) bond motifs is 1. The number of anilines is 2. The lowest BCUT2D eigenvalue weighted by Gasteiger charge is -2.26. The van der Waals surface area contributed by atoms with Crippen molar-refractivity contribution >= 4 is 38.7 Å². The van der Waals surface area contributed by atoms with Crippen LogP contribution in [0, 0.1) is 12.7 Å². The molecule has 0 atom stereocenters. The maximum atomic E-state index is 15.2. The van der Waals surface area contributed by atoms with E-state index >= 15 is 4.39 Å². The third-order valence-corrected chi connectivity index (χ3v) is 8.09. The monoisotopic (exact) mass is 584 g/mol. The lowest BCUT2D eigenvalue weighted by molar-refractivity contribution is -0.199. The number of aryl methyl sites for hydroxylation is 1. The number of nitrogens with zero attached hydrogens (tertiary/aromatic N) is 4. The first-order valence-corrected chi connectivity index (χ1v) is 14.2. The van der Waals surface area contributed by atoms with Crippen molar-refractivity contribution in [3.05, 3.63) is 41.8 Å². The minimum atomic E-state index is -5.50. The summed E-state index contributed by atoms with van der Waals surface area (Å²) in [5.41, 5.74) is 7.26. The molecular weight excluding hydrogens is 556 g/mol. The normalized spacial score (nSPS) is 18.0. The molecule has 3 aromatic rings. The highest BCUT2D eigenvalue weighted by Crippen LogP contribution is 2.31. The Morgan fingerprint density at radius 3 is 2.50 bits per heavy atom. The second kappa shape index (κ2) is 11.5. The molecule has 1 aliphatic carbocycles. The number of carbonyl (C=O) groups excluding carboxylic acids is 1. The van der Waals surface area contributed by atoms with Crippen LogP contribution in [0.2, 0.25) is 0 Å². The molecule has 1 fully saturated rings. The van der Waals surface area contributed by atoms with Gasteiger partial charge in [-0.3, -0.25) is 0 Å². The molecule has 0 unspecified atom stereocenters. The van der Waals surface area contributed by atoms with E-state index in [0.29, 0.717) is 22.5 Å². The molecular formula is C25H28F4N6O4S. The average Bonchev–Trinajstić information content (AvgIpc) is 2.88. The summed E-state index contributed by atoms with van der Waals surface area (Å²) in [5, 5.41) is 3.32. The number of pyridine rings is 1. The Bertz CT molecular complexity index is 1510. The fourth-order valence-corrected chi connectivity index (χ4v) is 5.70. The second-order valence-corrected chi connectivity index (χ2v) is 11.5. The molecule has 10 nitrogen and oxygen atoms in total. The first-order chi connectivity index (χ1) is 18.8. The van der Waals surface area contributed by atoms with Crippen molar-refractivity contribution in [3.63, 3.8) is 0 Å². The van der Waals surface area contributed by atoms with Gasteiger partial charge >= 0.3 is 12.1 Å². The molecule has 0 radical (unpaired) electrons. The number of aromatic nitrogens is 3. The van der Waals surface area contributed by atoms with Crippen LogP contribution in [0.3, 0.4) is 0 Å². The van der Waals surface area contributed by atoms with Crippen molar-refractivity contribution in [1.82, 2.24) is 15.0 Å². The molecule has 0 aliphatic heterocycles. The van der Waals surface area contributed by atoms with Gasteiger partial charge in [-0.1, -0.05) is 17.5 Å². The van der Waals surface area contributed by atoms with Gasteiger partial charge in [0.05, 0.1) is 23.2 Å². The molecule has 0 bridgehead atoms. The van der Waals surface area contributed by atoms with Crippen LogP contribution in [-0.2, 0) is 19.7 Å².